The van der Waals surface area contributed by atoms with Crippen LogP contribution < -0.4 is 5.32 Å². The van der Waals surface area contributed by atoms with Crippen LogP contribution >= 0.6 is 0 Å². The number of rotatable bonds is 7. The summed E-state index contributed by atoms with van der Waals surface area (Å²) in [6.45, 7) is 3.55. The molecule has 3 heteroatoms. The summed E-state index contributed by atoms with van der Waals surface area (Å²) in [7, 11) is 0. The maximum atomic E-state index is 13.5. The second kappa shape index (κ2) is 8.77. The molecule has 1 amide bonds. The minimum absolute atomic E-state index is 0.0417. The standard InChI is InChI=1S/C24H21NO2/c1-2-21(26)25-23(19-14-8-4-9-15-19)22(18-12-6-3-7-13-18)24(27)20-16-10-5-11-17-20/h2-17,22-23H,1H2,(H,25,26). The van der Waals surface area contributed by atoms with Gasteiger partial charge in [0.05, 0.1) is 12.0 Å². The number of hydrogen-bond acceptors (Lipinski definition) is 2. The third-order valence-corrected chi connectivity index (χ3v) is 4.47. The lowest BCUT2D eigenvalue weighted by Crippen LogP contribution is -2.35. The van der Waals surface area contributed by atoms with E-state index in [1.807, 2.05) is 78.9 Å². The Hall–Kier alpha value is -3.46. The quantitative estimate of drug-likeness (QED) is 0.493. The average Bonchev–Trinajstić information content (AvgIpc) is 2.75. The lowest BCUT2D eigenvalue weighted by Gasteiger charge is -2.28. The van der Waals surface area contributed by atoms with Crippen molar-refractivity contribution in [1.82, 2.24) is 5.32 Å². The van der Waals surface area contributed by atoms with Crippen LogP contribution in [0.2, 0.25) is 0 Å². The highest BCUT2D eigenvalue weighted by atomic mass is 16.1. The molecule has 0 aliphatic heterocycles. The SMILES string of the molecule is C=CC(=O)NC(c1ccccc1)C(C(=O)c1ccccc1)c1ccccc1. The number of benzene rings is 3. The van der Waals surface area contributed by atoms with Crippen LogP contribution in [0.5, 0.6) is 0 Å². The van der Waals surface area contributed by atoms with Crippen molar-refractivity contribution >= 4 is 11.7 Å². The monoisotopic (exact) mass is 355 g/mol. The van der Waals surface area contributed by atoms with Crippen molar-refractivity contribution in [2.45, 2.75) is 12.0 Å². The lowest BCUT2D eigenvalue weighted by atomic mass is 9.81. The summed E-state index contributed by atoms with van der Waals surface area (Å²) in [4.78, 5) is 25.6. The fraction of sp³-hybridized carbons (Fsp3) is 0.0833. The molecule has 3 rings (SSSR count). The molecule has 0 radical (unpaired) electrons. The predicted octanol–water partition coefficient (Wildman–Crippen LogP) is 4.70. The van der Waals surface area contributed by atoms with Gasteiger partial charge >= 0.3 is 0 Å². The zero-order valence-electron chi connectivity index (χ0n) is 14.9. The fourth-order valence-electron chi connectivity index (χ4n) is 3.17. The first kappa shape index (κ1) is 18.3. The van der Waals surface area contributed by atoms with Gasteiger partial charge in [-0.15, -0.1) is 0 Å². The van der Waals surface area contributed by atoms with E-state index in [0.29, 0.717) is 5.56 Å². The molecule has 3 aromatic carbocycles. The summed E-state index contributed by atoms with van der Waals surface area (Å²) >= 11 is 0. The molecule has 2 unspecified atom stereocenters. The number of carbonyl (C=O) groups is 2. The van der Waals surface area contributed by atoms with Crippen molar-refractivity contribution in [2.24, 2.45) is 0 Å². The maximum Gasteiger partial charge on any atom is 0.243 e. The van der Waals surface area contributed by atoms with Gasteiger partial charge in [0.15, 0.2) is 5.78 Å². The number of ketones is 1. The van der Waals surface area contributed by atoms with Crippen LogP contribution in [-0.4, -0.2) is 11.7 Å². The molecule has 0 saturated heterocycles. The number of Topliss-reactive ketones (excluding diaryl/α,β-unsaturated/α-hetero) is 1. The van der Waals surface area contributed by atoms with E-state index in [1.54, 1.807) is 12.1 Å². The lowest BCUT2D eigenvalue weighted by molar-refractivity contribution is -0.117. The van der Waals surface area contributed by atoms with Gasteiger partial charge < -0.3 is 5.32 Å². The summed E-state index contributed by atoms with van der Waals surface area (Å²) in [5.41, 5.74) is 2.33. The Morgan fingerprint density at radius 3 is 1.74 bits per heavy atom. The molecule has 1 N–H and O–H groups in total. The highest BCUT2D eigenvalue weighted by Gasteiger charge is 2.32. The molecule has 3 nitrogen and oxygen atoms in total. The first-order valence-corrected chi connectivity index (χ1v) is 8.83. The first-order valence-electron chi connectivity index (χ1n) is 8.83. The Kier molecular flexibility index (Phi) is 5.95. The van der Waals surface area contributed by atoms with Gasteiger partial charge in [-0.05, 0) is 17.2 Å². The van der Waals surface area contributed by atoms with Crippen LogP contribution in [-0.2, 0) is 4.79 Å². The van der Waals surface area contributed by atoms with Crippen molar-refractivity contribution < 1.29 is 9.59 Å². The fourth-order valence-corrected chi connectivity index (χ4v) is 3.17. The van der Waals surface area contributed by atoms with Crippen molar-refractivity contribution in [3.8, 4) is 0 Å². The average molecular weight is 355 g/mol. The van der Waals surface area contributed by atoms with Gasteiger partial charge in [0.2, 0.25) is 5.91 Å². The smallest absolute Gasteiger partial charge is 0.243 e. The zero-order valence-corrected chi connectivity index (χ0v) is 14.9. The molecule has 0 spiro atoms. The summed E-state index contributed by atoms with van der Waals surface area (Å²) < 4.78 is 0. The van der Waals surface area contributed by atoms with E-state index in [-0.39, 0.29) is 11.7 Å². The van der Waals surface area contributed by atoms with Gasteiger partial charge in [-0.2, -0.15) is 0 Å². The molecule has 0 fully saturated rings. The van der Waals surface area contributed by atoms with Crippen LogP contribution in [0.1, 0.15) is 33.4 Å². The van der Waals surface area contributed by atoms with Crippen LogP contribution in [0.4, 0.5) is 0 Å². The van der Waals surface area contributed by atoms with Gasteiger partial charge in [0, 0.05) is 5.56 Å². The van der Waals surface area contributed by atoms with Gasteiger partial charge in [-0.25, -0.2) is 0 Å². The van der Waals surface area contributed by atoms with Crippen molar-refractivity contribution in [3.63, 3.8) is 0 Å². The number of carbonyl (C=O) groups excluding carboxylic acids is 2. The van der Waals surface area contributed by atoms with E-state index >= 15 is 0 Å². The predicted molar refractivity (Wildman–Crippen MR) is 107 cm³/mol. The molecule has 0 saturated carbocycles. The molecule has 0 aliphatic rings. The molecule has 0 heterocycles. The maximum absolute atomic E-state index is 13.5. The second-order valence-electron chi connectivity index (χ2n) is 6.22. The second-order valence-corrected chi connectivity index (χ2v) is 6.22. The molecule has 134 valence electrons. The third-order valence-electron chi connectivity index (χ3n) is 4.47. The Morgan fingerprint density at radius 1 is 0.741 bits per heavy atom. The first-order chi connectivity index (χ1) is 13.2. The van der Waals surface area contributed by atoms with Crippen molar-refractivity contribution in [2.75, 3.05) is 0 Å². The molecular formula is C24H21NO2. The van der Waals surface area contributed by atoms with Gasteiger partial charge in [0.1, 0.15) is 0 Å². The van der Waals surface area contributed by atoms with Crippen LogP contribution in [0.3, 0.4) is 0 Å². The highest BCUT2D eigenvalue weighted by molar-refractivity contribution is 6.02. The summed E-state index contributed by atoms with van der Waals surface area (Å²) in [6, 6.07) is 27.8. The minimum atomic E-state index is -0.556. The zero-order chi connectivity index (χ0) is 19.1. The molecular weight excluding hydrogens is 334 g/mol. The largest absolute Gasteiger partial charge is 0.345 e. The normalized spacial score (nSPS) is 12.6. The van der Waals surface area contributed by atoms with Crippen LogP contribution in [0.25, 0.3) is 0 Å². The molecule has 0 aromatic heterocycles. The highest BCUT2D eigenvalue weighted by Crippen LogP contribution is 2.34. The topological polar surface area (TPSA) is 46.2 Å². The number of amides is 1. The van der Waals surface area contributed by atoms with Crippen molar-refractivity contribution in [1.29, 1.82) is 0 Å². The third kappa shape index (κ3) is 4.39. The Bertz CT molecular complexity index is 905. The van der Waals surface area contributed by atoms with E-state index in [4.69, 9.17) is 0 Å². The van der Waals surface area contributed by atoms with Gasteiger partial charge in [-0.1, -0.05) is 97.6 Å². The molecule has 0 bridgehead atoms. The Balaban J connectivity index is 2.12. The van der Waals surface area contributed by atoms with E-state index in [2.05, 4.69) is 11.9 Å². The Labute approximate surface area is 159 Å². The molecule has 3 aromatic rings. The number of nitrogens with one attached hydrogen (secondary N) is 1. The van der Waals surface area contributed by atoms with E-state index < -0.39 is 12.0 Å². The number of hydrogen-bond donors (Lipinski definition) is 1. The molecule has 27 heavy (non-hydrogen) atoms. The van der Waals surface area contributed by atoms with E-state index in [9.17, 15) is 9.59 Å². The summed E-state index contributed by atoms with van der Waals surface area (Å²) in [5.74, 6) is -0.912. The van der Waals surface area contributed by atoms with Crippen molar-refractivity contribution in [3.05, 3.63) is 120 Å². The Morgan fingerprint density at radius 2 is 1.22 bits per heavy atom. The molecule has 2 atom stereocenters. The molecule has 0 aliphatic carbocycles. The van der Waals surface area contributed by atoms with Crippen LogP contribution in [0.15, 0.2) is 104 Å². The van der Waals surface area contributed by atoms with Gasteiger partial charge in [-0.3, -0.25) is 9.59 Å². The van der Waals surface area contributed by atoms with E-state index in [1.165, 1.54) is 6.08 Å². The van der Waals surface area contributed by atoms with Gasteiger partial charge in [0.25, 0.3) is 0 Å². The van der Waals surface area contributed by atoms with Crippen LogP contribution in [0, 0.1) is 0 Å². The summed E-state index contributed by atoms with van der Waals surface area (Å²) in [6.07, 6.45) is 1.23. The van der Waals surface area contributed by atoms with E-state index in [0.717, 1.165) is 11.1 Å². The minimum Gasteiger partial charge on any atom is -0.345 e. The summed E-state index contributed by atoms with van der Waals surface area (Å²) in [5, 5.41) is 2.95.